The molecular formula is C15H20ClN3O3. The number of carbonyl (C=O) groups excluding carboxylic acids is 2. The number of hydrogen-bond acceptors (Lipinski definition) is 4. The van der Waals surface area contributed by atoms with Gasteiger partial charge in [-0.25, -0.2) is 0 Å². The quantitative estimate of drug-likeness (QED) is 0.831. The molecule has 0 spiro atoms. The Kier molecular flexibility index (Phi) is 5.89. The summed E-state index contributed by atoms with van der Waals surface area (Å²) in [4.78, 5) is 25.4. The second kappa shape index (κ2) is 7.89. The number of ether oxygens (including phenoxy) is 1. The van der Waals surface area contributed by atoms with Crippen LogP contribution in [-0.4, -0.2) is 50.0 Å². The van der Waals surface area contributed by atoms with Crippen molar-refractivity contribution in [1.29, 1.82) is 0 Å². The summed E-state index contributed by atoms with van der Waals surface area (Å²) in [6.07, 6.45) is 2.08. The van der Waals surface area contributed by atoms with Crippen LogP contribution in [-0.2, 0) is 9.59 Å². The summed E-state index contributed by atoms with van der Waals surface area (Å²) in [5, 5.41) is 6.12. The number of nitrogens with zero attached hydrogens (tertiary/aromatic N) is 1. The van der Waals surface area contributed by atoms with E-state index in [1.165, 1.54) is 0 Å². The van der Waals surface area contributed by atoms with Crippen molar-refractivity contribution in [2.45, 2.75) is 12.8 Å². The van der Waals surface area contributed by atoms with E-state index in [1.807, 2.05) is 0 Å². The normalized spacial score (nSPS) is 13.8. The van der Waals surface area contributed by atoms with Crippen LogP contribution in [0, 0.1) is 0 Å². The number of amides is 2. The summed E-state index contributed by atoms with van der Waals surface area (Å²) in [6.45, 7) is 1.65. The van der Waals surface area contributed by atoms with Crippen molar-refractivity contribution in [3.05, 3.63) is 23.2 Å². The van der Waals surface area contributed by atoms with Gasteiger partial charge in [-0.05, 0) is 31.0 Å². The molecule has 2 rings (SSSR count). The lowest BCUT2D eigenvalue weighted by molar-refractivity contribution is -0.131. The number of halogens is 1. The van der Waals surface area contributed by atoms with Crippen LogP contribution in [0.15, 0.2) is 18.2 Å². The molecule has 1 fully saturated rings. The lowest BCUT2D eigenvalue weighted by Gasteiger charge is -2.16. The Hall–Kier alpha value is -1.95. The van der Waals surface area contributed by atoms with Crippen LogP contribution in [0.1, 0.15) is 12.8 Å². The van der Waals surface area contributed by atoms with E-state index in [2.05, 4.69) is 10.6 Å². The lowest BCUT2D eigenvalue weighted by atomic mass is 10.3. The SMILES string of the molecule is COc1ccc(Cl)cc1NCC(=O)NCC(=O)N1CCCC1. The van der Waals surface area contributed by atoms with Gasteiger partial charge < -0.3 is 20.3 Å². The second-order valence-electron chi connectivity index (χ2n) is 5.06. The highest BCUT2D eigenvalue weighted by Gasteiger charge is 2.18. The maximum Gasteiger partial charge on any atom is 0.241 e. The first-order chi connectivity index (χ1) is 10.6. The van der Waals surface area contributed by atoms with Crippen LogP contribution >= 0.6 is 11.6 Å². The van der Waals surface area contributed by atoms with Crippen molar-refractivity contribution >= 4 is 29.1 Å². The van der Waals surface area contributed by atoms with Crippen LogP contribution < -0.4 is 15.4 Å². The first kappa shape index (κ1) is 16.4. The average molecular weight is 326 g/mol. The fourth-order valence-electron chi connectivity index (χ4n) is 2.31. The summed E-state index contributed by atoms with van der Waals surface area (Å²) in [7, 11) is 1.54. The summed E-state index contributed by atoms with van der Waals surface area (Å²) in [6, 6.07) is 5.11. The number of hydrogen-bond donors (Lipinski definition) is 2. The van der Waals surface area contributed by atoms with Crippen molar-refractivity contribution < 1.29 is 14.3 Å². The minimum absolute atomic E-state index is 0.0349. The molecule has 1 heterocycles. The fraction of sp³-hybridized carbons (Fsp3) is 0.467. The number of anilines is 1. The molecule has 2 amide bonds. The highest BCUT2D eigenvalue weighted by Crippen LogP contribution is 2.27. The van der Waals surface area contributed by atoms with Crippen LogP contribution in [0.2, 0.25) is 5.02 Å². The fourth-order valence-corrected chi connectivity index (χ4v) is 2.48. The van der Waals surface area contributed by atoms with E-state index in [-0.39, 0.29) is 24.9 Å². The molecule has 1 aliphatic heterocycles. The number of methoxy groups -OCH3 is 1. The molecule has 7 heteroatoms. The predicted molar refractivity (Wildman–Crippen MR) is 85.3 cm³/mol. The first-order valence-electron chi connectivity index (χ1n) is 7.22. The van der Waals surface area contributed by atoms with Crippen molar-refractivity contribution in [3.8, 4) is 5.75 Å². The third-order valence-electron chi connectivity index (χ3n) is 3.50. The molecule has 0 bridgehead atoms. The minimum Gasteiger partial charge on any atom is -0.495 e. The van der Waals surface area contributed by atoms with Gasteiger partial charge in [0.15, 0.2) is 0 Å². The molecule has 1 saturated heterocycles. The van der Waals surface area contributed by atoms with Crippen molar-refractivity contribution in [3.63, 3.8) is 0 Å². The largest absolute Gasteiger partial charge is 0.495 e. The number of carbonyl (C=O) groups is 2. The van der Waals surface area contributed by atoms with Gasteiger partial charge >= 0.3 is 0 Å². The smallest absolute Gasteiger partial charge is 0.241 e. The maximum absolute atomic E-state index is 11.8. The standard InChI is InChI=1S/C15H20ClN3O3/c1-22-13-5-4-11(16)8-12(13)17-9-14(20)18-10-15(21)19-6-2-3-7-19/h4-5,8,17H,2-3,6-7,9-10H2,1H3,(H,18,20). The summed E-state index contributed by atoms with van der Waals surface area (Å²) in [5.74, 6) is 0.311. The van der Waals surface area contributed by atoms with Crippen LogP contribution in [0.4, 0.5) is 5.69 Å². The number of likely N-dealkylation sites (tertiary alicyclic amines) is 1. The monoisotopic (exact) mass is 325 g/mol. The zero-order valence-electron chi connectivity index (χ0n) is 12.5. The van der Waals surface area contributed by atoms with E-state index in [1.54, 1.807) is 30.2 Å². The molecule has 1 aliphatic rings. The zero-order chi connectivity index (χ0) is 15.9. The van der Waals surface area contributed by atoms with Gasteiger partial charge in [-0.15, -0.1) is 0 Å². The highest BCUT2D eigenvalue weighted by atomic mass is 35.5. The van der Waals surface area contributed by atoms with E-state index in [9.17, 15) is 9.59 Å². The van der Waals surface area contributed by atoms with Gasteiger partial charge in [-0.3, -0.25) is 9.59 Å². The molecule has 2 N–H and O–H groups in total. The van der Waals surface area contributed by atoms with Crippen LogP contribution in [0.25, 0.3) is 0 Å². The Morgan fingerprint density at radius 1 is 1.27 bits per heavy atom. The Labute approximate surface area is 134 Å². The molecule has 0 radical (unpaired) electrons. The van der Waals surface area contributed by atoms with Gasteiger partial charge in [-0.2, -0.15) is 0 Å². The number of nitrogens with one attached hydrogen (secondary N) is 2. The Bertz CT molecular complexity index is 545. The predicted octanol–water partition coefficient (Wildman–Crippen LogP) is 1.50. The topological polar surface area (TPSA) is 70.7 Å². The Morgan fingerprint density at radius 2 is 2.00 bits per heavy atom. The molecule has 0 aliphatic carbocycles. The minimum atomic E-state index is -0.255. The van der Waals surface area contributed by atoms with E-state index < -0.39 is 0 Å². The third kappa shape index (κ3) is 4.53. The van der Waals surface area contributed by atoms with E-state index >= 15 is 0 Å². The Morgan fingerprint density at radius 3 is 2.68 bits per heavy atom. The Balaban J connectivity index is 1.78. The molecule has 0 saturated carbocycles. The van der Waals surface area contributed by atoms with Gasteiger partial charge in [0.05, 0.1) is 25.9 Å². The van der Waals surface area contributed by atoms with Crippen molar-refractivity contribution in [1.82, 2.24) is 10.2 Å². The molecule has 0 aromatic heterocycles. The van der Waals surface area contributed by atoms with E-state index in [0.717, 1.165) is 25.9 Å². The molecule has 1 aromatic rings. The van der Waals surface area contributed by atoms with Gasteiger partial charge in [-0.1, -0.05) is 11.6 Å². The molecule has 120 valence electrons. The average Bonchev–Trinajstić information content (AvgIpc) is 3.05. The maximum atomic E-state index is 11.8. The summed E-state index contributed by atoms with van der Waals surface area (Å²) in [5.41, 5.74) is 0.635. The second-order valence-corrected chi connectivity index (χ2v) is 5.50. The van der Waals surface area contributed by atoms with Gasteiger partial charge in [0.25, 0.3) is 0 Å². The van der Waals surface area contributed by atoms with Crippen molar-refractivity contribution in [2.24, 2.45) is 0 Å². The van der Waals surface area contributed by atoms with E-state index in [4.69, 9.17) is 16.3 Å². The molecular weight excluding hydrogens is 306 g/mol. The van der Waals surface area contributed by atoms with E-state index in [0.29, 0.717) is 16.5 Å². The lowest BCUT2D eigenvalue weighted by Crippen LogP contribution is -2.40. The van der Waals surface area contributed by atoms with Crippen molar-refractivity contribution in [2.75, 3.05) is 38.6 Å². The highest BCUT2D eigenvalue weighted by molar-refractivity contribution is 6.30. The number of rotatable bonds is 6. The number of benzene rings is 1. The molecule has 22 heavy (non-hydrogen) atoms. The molecule has 0 unspecified atom stereocenters. The summed E-state index contributed by atoms with van der Waals surface area (Å²) < 4.78 is 5.18. The van der Waals surface area contributed by atoms with Gasteiger partial charge in [0.1, 0.15) is 5.75 Å². The third-order valence-corrected chi connectivity index (χ3v) is 3.73. The first-order valence-corrected chi connectivity index (χ1v) is 7.60. The summed E-state index contributed by atoms with van der Waals surface area (Å²) >= 11 is 5.92. The van der Waals surface area contributed by atoms with Gasteiger partial charge in [0.2, 0.25) is 11.8 Å². The van der Waals surface area contributed by atoms with Crippen LogP contribution in [0.5, 0.6) is 5.75 Å². The molecule has 6 nitrogen and oxygen atoms in total. The van der Waals surface area contributed by atoms with Crippen LogP contribution in [0.3, 0.4) is 0 Å². The zero-order valence-corrected chi connectivity index (χ0v) is 13.3. The molecule has 1 aromatic carbocycles. The molecule has 0 atom stereocenters. The van der Waals surface area contributed by atoms with Gasteiger partial charge in [0, 0.05) is 18.1 Å².